The van der Waals surface area contributed by atoms with Gasteiger partial charge in [-0.05, 0) is 26.0 Å². The molecule has 3 rings (SSSR count). The Labute approximate surface area is 144 Å². The maximum absolute atomic E-state index is 10.9. The number of nitrogens with zero attached hydrogens (tertiary/aromatic N) is 2. The maximum atomic E-state index is 10.9. The molecule has 1 aromatic carbocycles. The van der Waals surface area contributed by atoms with Crippen LogP contribution in [0.2, 0.25) is 0 Å². The Hall–Kier alpha value is -2.18. The molecule has 2 heterocycles. The van der Waals surface area contributed by atoms with Crippen LogP contribution in [0.15, 0.2) is 42.6 Å². The van der Waals surface area contributed by atoms with Crippen LogP contribution in [0, 0.1) is 0 Å². The SMILES string of the molecule is CC(C)(SCC(N)C(=O)O)c1ccc2ccc3cccnc3c2n1. The third-order valence-corrected chi connectivity index (χ3v) is 5.45. The standard InChI is InChI=1S/C18H19N3O2S/c1-18(2,24-10-13(19)17(22)23)14-8-7-12-6-5-11-4-3-9-20-15(11)16(12)21-14/h3-9,13H,10,19H2,1-2H3,(H,22,23). The Morgan fingerprint density at radius 3 is 2.58 bits per heavy atom. The lowest BCUT2D eigenvalue weighted by Crippen LogP contribution is -2.34. The van der Waals surface area contributed by atoms with Gasteiger partial charge in [0.1, 0.15) is 6.04 Å². The smallest absolute Gasteiger partial charge is 0.321 e. The summed E-state index contributed by atoms with van der Waals surface area (Å²) in [5.41, 5.74) is 8.24. The van der Waals surface area contributed by atoms with E-state index in [4.69, 9.17) is 15.8 Å². The number of carbonyl (C=O) groups is 1. The normalized spacial score (nSPS) is 13.3. The first-order chi connectivity index (χ1) is 11.4. The molecule has 1 unspecified atom stereocenters. The third kappa shape index (κ3) is 3.20. The van der Waals surface area contributed by atoms with Gasteiger partial charge in [0, 0.05) is 22.7 Å². The van der Waals surface area contributed by atoms with Gasteiger partial charge in [0.05, 0.1) is 21.5 Å². The second kappa shape index (κ2) is 6.37. The van der Waals surface area contributed by atoms with Gasteiger partial charge in [-0.3, -0.25) is 9.78 Å². The predicted molar refractivity (Wildman–Crippen MR) is 98.1 cm³/mol. The minimum absolute atomic E-state index is 0.329. The molecule has 0 saturated heterocycles. The number of hydrogen-bond acceptors (Lipinski definition) is 5. The number of nitrogens with two attached hydrogens (primary N) is 1. The van der Waals surface area contributed by atoms with Crippen LogP contribution in [0.4, 0.5) is 0 Å². The number of fused-ring (bicyclic) bond motifs is 3. The molecule has 6 heteroatoms. The summed E-state index contributed by atoms with van der Waals surface area (Å²) in [4.78, 5) is 20.2. The minimum atomic E-state index is -0.986. The van der Waals surface area contributed by atoms with Crippen LogP contribution in [0.5, 0.6) is 0 Å². The largest absolute Gasteiger partial charge is 0.480 e. The monoisotopic (exact) mass is 341 g/mol. The van der Waals surface area contributed by atoms with Gasteiger partial charge >= 0.3 is 5.97 Å². The zero-order valence-corrected chi connectivity index (χ0v) is 14.4. The summed E-state index contributed by atoms with van der Waals surface area (Å²) in [7, 11) is 0. The van der Waals surface area contributed by atoms with Crippen LogP contribution in [-0.4, -0.2) is 32.8 Å². The van der Waals surface area contributed by atoms with Gasteiger partial charge in [-0.1, -0.05) is 24.3 Å². The van der Waals surface area contributed by atoms with Crippen LogP contribution in [-0.2, 0) is 9.54 Å². The van der Waals surface area contributed by atoms with Gasteiger partial charge < -0.3 is 10.8 Å². The number of rotatable bonds is 5. The van der Waals surface area contributed by atoms with E-state index in [1.54, 1.807) is 6.20 Å². The van der Waals surface area contributed by atoms with Crippen molar-refractivity contribution in [3.8, 4) is 0 Å². The summed E-state index contributed by atoms with van der Waals surface area (Å²) in [5.74, 6) is -0.657. The molecule has 0 amide bonds. The molecule has 0 saturated carbocycles. The highest BCUT2D eigenvalue weighted by molar-refractivity contribution is 8.00. The predicted octanol–water partition coefficient (Wildman–Crippen LogP) is 3.16. The molecule has 3 N–H and O–H groups in total. The molecule has 0 aliphatic carbocycles. The second-order valence-electron chi connectivity index (χ2n) is 6.17. The van der Waals surface area contributed by atoms with Crippen molar-refractivity contribution in [1.29, 1.82) is 0 Å². The first kappa shape index (κ1) is 16.7. The molecule has 124 valence electrons. The van der Waals surface area contributed by atoms with Gasteiger partial charge in [-0.2, -0.15) is 0 Å². The fourth-order valence-electron chi connectivity index (χ4n) is 2.50. The highest BCUT2D eigenvalue weighted by Crippen LogP contribution is 2.36. The number of carboxylic acid groups (broad SMARTS) is 1. The van der Waals surface area contributed by atoms with E-state index in [0.29, 0.717) is 5.75 Å². The van der Waals surface area contributed by atoms with Gasteiger partial charge in [-0.25, -0.2) is 4.98 Å². The highest BCUT2D eigenvalue weighted by atomic mass is 32.2. The van der Waals surface area contributed by atoms with Crippen molar-refractivity contribution in [2.24, 2.45) is 5.73 Å². The average molecular weight is 341 g/mol. The van der Waals surface area contributed by atoms with Gasteiger partial charge in [0.2, 0.25) is 0 Å². The lowest BCUT2D eigenvalue weighted by Gasteiger charge is -2.24. The van der Waals surface area contributed by atoms with Gasteiger partial charge in [0.25, 0.3) is 0 Å². The van der Waals surface area contributed by atoms with Gasteiger partial charge in [0.15, 0.2) is 0 Å². The van der Waals surface area contributed by atoms with E-state index >= 15 is 0 Å². The van der Waals surface area contributed by atoms with Crippen molar-refractivity contribution in [2.75, 3.05) is 5.75 Å². The molecule has 2 aromatic heterocycles. The highest BCUT2D eigenvalue weighted by Gasteiger charge is 2.26. The maximum Gasteiger partial charge on any atom is 0.321 e. The van der Waals surface area contributed by atoms with E-state index in [0.717, 1.165) is 27.5 Å². The summed E-state index contributed by atoms with van der Waals surface area (Å²) in [5, 5.41) is 11.0. The summed E-state index contributed by atoms with van der Waals surface area (Å²) in [6, 6.07) is 11.1. The zero-order valence-electron chi connectivity index (χ0n) is 13.6. The lowest BCUT2D eigenvalue weighted by atomic mass is 10.1. The van der Waals surface area contributed by atoms with Crippen molar-refractivity contribution in [3.63, 3.8) is 0 Å². The topological polar surface area (TPSA) is 89.1 Å². The number of aliphatic carboxylic acids is 1. The van der Waals surface area contributed by atoms with Crippen molar-refractivity contribution in [2.45, 2.75) is 24.6 Å². The van der Waals surface area contributed by atoms with E-state index in [1.165, 1.54) is 11.8 Å². The van der Waals surface area contributed by atoms with Crippen LogP contribution in [0.1, 0.15) is 19.5 Å². The Morgan fingerprint density at radius 1 is 1.21 bits per heavy atom. The van der Waals surface area contributed by atoms with E-state index in [2.05, 4.69) is 4.98 Å². The third-order valence-electron chi connectivity index (χ3n) is 3.99. The van der Waals surface area contributed by atoms with Crippen LogP contribution >= 0.6 is 11.8 Å². The van der Waals surface area contributed by atoms with Crippen LogP contribution < -0.4 is 5.73 Å². The van der Waals surface area contributed by atoms with Gasteiger partial charge in [-0.15, -0.1) is 11.8 Å². The van der Waals surface area contributed by atoms with Crippen molar-refractivity contribution < 1.29 is 9.90 Å². The average Bonchev–Trinajstić information content (AvgIpc) is 2.59. The summed E-state index contributed by atoms with van der Waals surface area (Å²) in [6.45, 7) is 4.05. The molecular formula is C18H19N3O2S. The Bertz CT molecular complexity index is 911. The molecule has 0 spiro atoms. The Kier molecular flexibility index (Phi) is 4.43. The van der Waals surface area contributed by atoms with E-state index in [9.17, 15) is 4.79 Å². The summed E-state index contributed by atoms with van der Waals surface area (Å²) >= 11 is 1.49. The first-order valence-corrected chi connectivity index (χ1v) is 8.64. The molecule has 0 aliphatic rings. The number of benzene rings is 1. The summed E-state index contributed by atoms with van der Waals surface area (Å²) < 4.78 is -0.349. The molecule has 24 heavy (non-hydrogen) atoms. The fraction of sp³-hybridized carbons (Fsp3) is 0.278. The van der Waals surface area contributed by atoms with E-state index < -0.39 is 12.0 Å². The molecule has 3 aromatic rings. The molecular weight excluding hydrogens is 322 g/mol. The summed E-state index contributed by atoms with van der Waals surface area (Å²) in [6.07, 6.45) is 1.77. The van der Waals surface area contributed by atoms with Crippen LogP contribution in [0.3, 0.4) is 0 Å². The number of aromatic nitrogens is 2. The molecule has 0 radical (unpaired) electrons. The number of pyridine rings is 2. The van der Waals surface area contributed by atoms with E-state index in [-0.39, 0.29) is 4.75 Å². The molecule has 5 nitrogen and oxygen atoms in total. The first-order valence-electron chi connectivity index (χ1n) is 7.66. The number of hydrogen-bond donors (Lipinski definition) is 2. The molecule has 1 atom stereocenters. The zero-order chi connectivity index (χ0) is 17.3. The molecule has 0 fully saturated rings. The number of carboxylic acids is 1. The Balaban J connectivity index is 2.00. The van der Waals surface area contributed by atoms with Crippen molar-refractivity contribution in [1.82, 2.24) is 9.97 Å². The molecule has 0 bridgehead atoms. The lowest BCUT2D eigenvalue weighted by molar-refractivity contribution is -0.137. The van der Waals surface area contributed by atoms with Crippen molar-refractivity contribution in [3.05, 3.63) is 48.3 Å². The quantitative estimate of drug-likeness (QED) is 0.693. The van der Waals surface area contributed by atoms with Crippen molar-refractivity contribution >= 4 is 39.5 Å². The number of thioether (sulfide) groups is 1. The molecule has 0 aliphatic heterocycles. The fourth-order valence-corrected chi connectivity index (χ4v) is 3.50. The van der Waals surface area contributed by atoms with Crippen LogP contribution in [0.25, 0.3) is 21.8 Å². The van der Waals surface area contributed by atoms with E-state index in [1.807, 2.05) is 50.2 Å². The Morgan fingerprint density at radius 2 is 1.88 bits per heavy atom. The minimum Gasteiger partial charge on any atom is -0.480 e. The second-order valence-corrected chi connectivity index (χ2v) is 7.82.